The van der Waals surface area contributed by atoms with E-state index in [2.05, 4.69) is 12.6 Å². The Bertz CT molecular complexity index is 1050. The molecule has 5 heteroatoms. The topological polar surface area (TPSA) is 46.6 Å². The van der Waals surface area contributed by atoms with Gasteiger partial charge in [-0.15, -0.1) is 6.58 Å². The molecule has 3 aliphatic rings. The van der Waals surface area contributed by atoms with E-state index in [-0.39, 0.29) is 11.3 Å². The molecule has 1 saturated carbocycles. The van der Waals surface area contributed by atoms with Crippen molar-refractivity contribution < 1.29 is 13.2 Å². The van der Waals surface area contributed by atoms with Gasteiger partial charge in [0.15, 0.2) is 5.72 Å². The van der Waals surface area contributed by atoms with Gasteiger partial charge >= 0.3 is 0 Å². The summed E-state index contributed by atoms with van der Waals surface area (Å²) in [4.78, 5) is 0.314. The van der Waals surface area contributed by atoms with Crippen LogP contribution in [0.25, 0.3) is 0 Å². The maximum atomic E-state index is 13.9. The third kappa shape index (κ3) is 2.01. The molecule has 146 valence electrons. The molecule has 2 aliphatic heterocycles. The molecule has 2 fully saturated rings. The molecule has 2 aromatic carbocycles. The Kier molecular flexibility index (Phi) is 3.81. The molecule has 5 rings (SSSR count). The molecule has 0 radical (unpaired) electrons. The molecule has 3 atom stereocenters. The first-order chi connectivity index (χ1) is 13.5. The summed E-state index contributed by atoms with van der Waals surface area (Å²) in [6, 6.07) is 15.0. The van der Waals surface area contributed by atoms with Crippen LogP contribution in [0.2, 0.25) is 0 Å². The fourth-order valence-electron chi connectivity index (χ4n) is 5.85. The fourth-order valence-corrected chi connectivity index (χ4v) is 7.65. The van der Waals surface area contributed by atoms with E-state index in [1.807, 2.05) is 43.3 Å². The van der Waals surface area contributed by atoms with Crippen LogP contribution in [0, 0.1) is 12.8 Å². The zero-order valence-corrected chi connectivity index (χ0v) is 16.9. The maximum absolute atomic E-state index is 13.9. The number of hydrogen-bond acceptors (Lipinski definition) is 3. The fraction of sp³-hybridized carbons (Fsp3) is 0.391. The lowest BCUT2D eigenvalue weighted by Gasteiger charge is -2.50. The summed E-state index contributed by atoms with van der Waals surface area (Å²) in [5.74, 6) is 0.197. The van der Waals surface area contributed by atoms with Crippen LogP contribution in [0.4, 0.5) is 5.69 Å². The minimum atomic E-state index is -3.77. The summed E-state index contributed by atoms with van der Waals surface area (Å²) < 4.78 is 35.9. The van der Waals surface area contributed by atoms with Gasteiger partial charge in [0.1, 0.15) is 0 Å². The van der Waals surface area contributed by atoms with Gasteiger partial charge in [-0.25, -0.2) is 12.7 Å². The summed E-state index contributed by atoms with van der Waals surface area (Å²) >= 11 is 0. The van der Waals surface area contributed by atoms with Gasteiger partial charge < -0.3 is 4.74 Å². The van der Waals surface area contributed by atoms with Crippen LogP contribution in [0.1, 0.15) is 36.8 Å². The Morgan fingerprint density at radius 2 is 1.89 bits per heavy atom. The largest absolute Gasteiger partial charge is 0.354 e. The standard InChI is InChI=1S/C23H25NO3S/c1-3-18-7-6-14-23-22(18,15-16-27-23)20-8-4-5-9-21(20)24(23)28(25,26)19-12-10-17(2)11-13-19/h3-5,8-13,18H,1,6-7,14-16H2,2H3/t18?,22-,23+/m1/s1. The van der Waals surface area contributed by atoms with Crippen molar-refractivity contribution in [2.24, 2.45) is 5.92 Å². The molecule has 1 saturated heterocycles. The number of nitrogens with zero attached hydrogens (tertiary/aromatic N) is 1. The number of para-hydroxylation sites is 1. The van der Waals surface area contributed by atoms with E-state index in [4.69, 9.17) is 4.74 Å². The molecule has 4 nitrogen and oxygen atoms in total. The summed E-state index contributed by atoms with van der Waals surface area (Å²) in [6.07, 6.45) is 5.48. The molecule has 1 aliphatic carbocycles. The highest BCUT2D eigenvalue weighted by atomic mass is 32.2. The number of sulfonamides is 1. The van der Waals surface area contributed by atoms with Gasteiger partial charge in [-0.1, -0.05) is 42.0 Å². The second-order valence-electron chi connectivity index (χ2n) is 8.19. The number of anilines is 1. The molecule has 0 spiro atoms. The lowest BCUT2D eigenvalue weighted by Crippen LogP contribution is -2.62. The number of hydrogen-bond donors (Lipinski definition) is 0. The minimum Gasteiger partial charge on any atom is -0.354 e. The highest BCUT2D eigenvalue weighted by Crippen LogP contribution is 2.66. The number of benzene rings is 2. The van der Waals surface area contributed by atoms with Gasteiger partial charge in [-0.05, 0) is 62.3 Å². The third-order valence-corrected chi connectivity index (χ3v) is 8.81. The van der Waals surface area contributed by atoms with Gasteiger partial charge in [0.05, 0.1) is 22.6 Å². The lowest BCUT2D eigenvalue weighted by molar-refractivity contribution is -0.0533. The predicted molar refractivity (Wildman–Crippen MR) is 110 cm³/mol. The molecule has 0 bridgehead atoms. The highest BCUT2D eigenvalue weighted by Gasteiger charge is 2.71. The predicted octanol–water partition coefficient (Wildman–Crippen LogP) is 4.54. The maximum Gasteiger partial charge on any atom is 0.266 e. The van der Waals surface area contributed by atoms with Crippen molar-refractivity contribution in [2.75, 3.05) is 10.9 Å². The van der Waals surface area contributed by atoms with Gasteiger partial charge in [0, 0.05) is 0 Å². The first kappa shape index (κ1) is 18.0. The van der Waals surface area contributed by atoms with Crippen LogP contribution < -0.4 is 4.31 Å². The van der Waals surface area contributed by atoms with Gasteiger partial charge in [0.2, 0.25) is 0 Å². The monoisotopic (exact) mass is 395 g/mol. The van der Waals surface area contributed by atoms with Crippen LogP contribution in [-0.4, -0.2) is 20.7 Å². The van der Waals surface area contributed by atoms with Crippen molar-refractivity contribution in [3.05, 3.63) is 72.3 Å². The number of allylic oxidation sites excluding steroid dienone is 1. The molecule has 0 aromatic heterocycles. The quantitative estimate of drug-likeness (QED) is 0.717. The molecular weight excluding hydrogens is 370 g/mol. The van der Waals surface area contributed by atoms with Crippen molar-refractivity contribution >= 4 is 15.7 Å². The van der Waals surface area contributed by atoms with Crippen LogP contribution in [0.5, 0.6) is 0 Å². The molecule has 0 amide bonds. The Balaban J connectivity index is 1.79. The first-order valence-corrected chi connectivity index (χ1v) is 11.4. The van der Waals surface area contributed by atoms with E-state index in [1.165, 1.54) is 0 Å². The van der Waals surface area contributed by atoms with E-state index >= 15 is 0 Å². The summed E-state index contributed by atoms with van der Waals surface area (Å²) in [5.41, 5.74) is 1.66. The number of fused-ring (bicyclic) bond motifs is 1. The van der Waals surface area contributed by atoms with E-state index in [0.29, 0.717) is 17.9 Å². The average Bonchev–Trinajstić information content (AvgIpc) is 3.20. The van der Waals surface area contributed by atoms with E-state index in [1.54, 1.807) is 16.4 Å². The molecule has 2 heterocycles. The second-order valence-corrected chi connectivity index (χ2v) is 9.97. The Labute approximate surface area is 166 Å². The summed E-state index contributed by atoms with van der Waals surface area (Å²) in [7, 11) is -3.77. The van der Waals surface area contributed by atoms with Gasteiger partial charge in [-0.3, -0.25) is 0 Å². The van der Waals surface area contributed by atoms with Crippen LogP contribution in [0.15, 0.2) is 66.1 Å². The van der Waals surface area contributed by atoms with Crippen molar-refractivity contribution in [3.63, 3.8) is 0 Å². The SMILES string of the molecule is C=CC1CCC[C@]23OCC[C@]12c1ccccc1N3S(=O)(=O)c1ccc(C)cc1. The Hall–Kier alpha value is -2.11. The molecule has 28 heavy (non-hydrogen) atoms. The Morgan fingerprint density at radius 3 is 2.64 bits per heavy atom. The normalized spacial score (nSPS) is 31.2. The van der Waals surface area contributed by atoms with Crippen molar-refractivity contribution in [2.45, 2.75) is 48.6 Å². The zero-order valence-electron chi connectivity index (χ0n) is 16.1. The Morgan fingerprint density at radius 1 is 1.14 bits per heavy atom. The second kappa shape index (κ2) is 5.94. The summed E-state index contributed by atoms with van der Waals surface area (Å²) in [6.45, 7) is 6.63. The van der Waals surface area contributed by atoms with Crippen molar-refractivity contribution in [1.82, 2.24) is 0 Å². The van der Waals surface area contributed by atoms with Crippen molar-refractivity contribution in [1.29, 1.82) is 0 Å². The lowest BCUT2D eigenvalue weighted by atomic mass is 9.59. The van der Waals surface area contributed by atoms with Crippen LogP contribution in [0.3, 0.4) is 0 Å². The summed E-state index contributed by atoms with van der Waals surface area (Å²) in [5, 5.41) is 0. The van der Waals surface area contributed by atoms with Gasteiger partial charge in [-0.2, -0.15) is 0 Å². The number of ether oxygens (including phenoxy) is 1. The number of aryl methyl sites for hydroxylation is 1. The van der Waals surface area contributed by atoms with E-state index < -0.39 is 15.7 Å². The van der Waals surface area contributed by atoms with E-state index in [0.717, 1.165) is 36.1 Å². The highest BCUT2D eigenvalue weighted by molar-refractivity contribution is 7.93. The smallest absolute Gasteiger partial charge is 0.266 e. The average molecular weight is 396 g/mol. The molecule has 1 unspecified atom stereocenters. The van der Waals surface area contributed by atoms with Gasteiger partial charge in [0.25, 0.3) is 10.0 Å². The molecular formula is C23H25NO3S. The molecule has 0 N–H and O–H groups in total. The number of rotatable bonds is 3. The van der Waals surface area contributed by atoms with Crippen LogP contribution in [-0.2, 0) is 20.2 Å². The minimum absolute atomic E-state index is 0.197. The van der Waals surface area contributed by atoms with Crippen molar-refractivity contribution in [3.8, 4) is 0 Å². The van der Waals surface area contributed by atoms with Crippen LogP contribution >= 0.6 is 0 Å². The molecule has 2 aromatic rings. The third-order valence-electron chi connectivity index (χ3n) is 6.97. The zero-order chi connectivity index (χ0) is 19.6. The first-order valence-electron chi connectivity index (χ1n) is 9.95. The van der Waals surface area contributed by atoms with E-state index in [9.17, 15) is 8.42 Å².